The average Bonchev–Trinajstić information content (AvgIpc) is 1.86. The minimum atomic E-state index is -0.0992. The third-order valence-electron chi connectivity index (χ3n) is 1.04. The van der Waals surface area contributed by atoms with E-state index in [9.17, 15) is 5.21 Å². The molecule has 0 rings (SSSR count). The monoisotopic (exact) mass is 157 g/mol. The van der Waals surface area contributed by atoms with Gasteiger partial charge < -0.3 is 10.0 Å². The number of nitrogens with two attached hydrogens (primary N) is 1. The van der Waals surface area contributed by atoms with Crippen LogP contribution in [0.15, 0.2) is 24.5 Å². The molecule has 2 N–H and O–H groups in total. The lowest BCUT2D eigenvalue weighted by atomic mass is 10.3. The maximum atomic E-state index is 10.1. The van der Waals surface area contributed by atoms with E-state index < -0.39 is 0 Å². The maximum Gasteiger partial charge on any atom is 0.118 e. The lowest BCUT2D eigenvalue weighted by Crippen LogP contribution is -2.23. The van der Waals surface area contributed by atoms with Crippen LogP contribution in [0.5, 0.6) is 0 Å². The highest BCUT2D eigenvalue weighted by atomic mass is 16.9. The van der Waals surface area contributed by atoms with E-state index in [1.54, 1.807) is 0 Å². The topological polar surface area (TPSA) is 61.5 Å². The predicted molar refractivity (Wildman–Crippen MR) is 43.7 cm³/mol. The number of hydrogen-bond acceptors (Lipinski definition) is 4. The zero-order valence-corrected chi connectivity index (χ0v) is 6.62. The first-order valence-electron chi connectivity index (χ1n) is 3.35. The minimum Gasteiger partial charge on any atom is -0.738 e. The molecule has 0 fully saturated rings. The molecule has 0 radical (unpaired) electrons. The van der Waals surface area contributed by atoms with Crippen molar-refractivity contribution in [1.29, 1.82) is 0 Å². The van der Waals surface area contributed by atoms with Crippen molar-refractivity contribution in [2.24, 2.45) is 5.84 Å². The number of hydrazine groups is 1. The van der Waals surface area contributed by atoms with Crippen molar-refractivity contribution in [3.8, 4) is 0 Å². The van der Waals surface area contributed by atoms with Gasteiger partial charge in [-0.25, -0.2) is 5.84 Å². The molecule has 11 heavy (non-hydrogen) atoms. The summed E-state index contributed by atoms with van der Waals surface area (Å²) in [4.78, 5) is 4.42. The summed E-state index contributed by atoms with van der Waals surface area (Å²) in [5.41, 5.74) is 0. The molecule has 0 amide bonds. The summed E-state index contributed by atoms with van der Waals surface area (Å²) in [5, 5.41) is 9.98. The first-order chi connectivity index (χ1) is 5.16. The van der Waals surface area contributed by atoms with Gasteiger partial charge in [0.1, 0.15) is 5.76 Å². The Morgan fingerprint density at radius 3 is 2.91 bits per heavy atom. The van der Waals surface area contributed by atoms with E-state index in [4.69, 9.17) is 0 Å². The molecule has 64 valence electrons. The molecule has 0 spiro atoms. The van der Waals surface area contributed by atoms with Gasteiger partial charge in [0.25, 0.3) is 0 Å². The SMILES string of the molecule is C=C(CC/C=C\C)ON(N)[O-]. The molecule has 0 atom stereocenters. The van der Waals surface area contributed by atoms with Gasteiger partial charge in [-0.2, -0.15) is 0 Å². The Hall–Kier alpha value is -0.840. The summed E-state index contributed by atoms with van der Waals surface area (Å²) >= 11 is 0. The van der Waals surface area contributed by atoms with Gasteiger partial charge in [-0.05, 0) is 13.3 Å². The molecule has 0 aliphatic heterocycles. The Morgan fingerprint density at radius 1 is 1.82 bits per heavy atom. The average molecular weight is 157 g/mol. The van der Waals surface area contributed by atoms with Crippen LogP contribution in [0.1, 0.15) is 19.8 Å². The Bertz CT molecular complexity index is 143. The van der Waals surface area contributed by atoms with Crippen molar-refractivity contribution in [2.45, 2.75) is 19.8 Å². The molecular weight excluding hydrogens is 144 g/mol. The summed E-state index contributed by atoms with van der Waals surface area (Å²) in [6.45, 7) is 5.41. The van der Waals surface area contributed by atoms with Gasteiger partial charge in [-0.3, -0.25) is 0 Å². The van der Waals surface area contributed by atoms with Crippen molar-refractivity contribution in [1.82, 2.24) is 5.34 Å². The maximum absolute atomic E-state index is 10.1. The molecule has 0 aromatic carbocycles. The third-order valence-corrected chi connectivity index (χ3v) is 1.04. The Labute approximate surface area is 66.4 Å². The van der Waals surface area contributed by atoms with Gasteiger partial charge in [0.2, 0.25) is 0 Å². The van der Waals surface area contributed by atoms with E-state index in [2.05, 4.69) is 17.3 Å². The van der Waals surface area contributed by atoms with Gasteiger partial charge in [0, 0.05) is 6.42 Å². The Morgan fingerprint density at radius 2 is 2.45 bits per heavy atom. The number of nitrogens with zero attached hydrogens (tertiary/aromatic N) is 1. The highest BCUT2D eigenvalue weighted by Gasteiger charge is 1.91. The van der Waals surface area contributed by atoms with Gasteiger partial charge in [-0.1, -0.05) is 18.7 Å². The van der Waals surface area contributed by atoms with Crippen molar-refractivity contribution in [2.75, 3.05) is 0 Å². The van der Waals surface area contributed by atoms with E-state index in [-0.39, 0.29) is 5.34 Å². The van der Waals surface area contributed by atoms with Crippen LogP contribution in [0, 0.1) is 5.21 Å². The van der Waals surface area contributed by atoms with Crippen molar-refractivity contribution >= 4 is 0 Å². The van der Waals surface area contributed by atoms with Crippen LogP contribution in [0.3, 0.4) is 0 Å². The van der Waals surface area contributed by atoms with E-state index >= 15 is 0 Å². The molecule has 4 nitrogen and oxygen atoms in total. The summed E-state index contributed by atoms with van der Waals surface area (Å²) < 4.78 is 0. The molecule has 0 saturated carbocycles. The number of rotatable bonds is 5. The standard InChI is InChI=1S/C7H13N2O2/c1-3-4-5-6-7(2)11-9(8)10/h3-4H,2,5-6,8H2,1H3/q-1/b4-3-. The fourth-order valence-corrected chi connectivity index (χ4v) is 0.584. The van der Waals surface area contributed by atoms with Crippen molar-refractivity contribution < 1.29 is 4.84 Å². The molecule has 0 aromatic rings. The minimum absolute atomic E-state index is 0.0992. The molecular formula is C7H13N2O2-. The first-order valence-corrected chi connectivity index (χ1v) is 3.35. The van der Waals surface area contributed by atoms with Crippen molar-refractivity contribution in [3.05, 3.63) is 29.7 Å². The highest BCUT2D eigenvalue weighted by molar-refractivity contribution is 4.87. The van der Waals surface area contributed by atoms with Gasteiger partial charge >= 0.3 is 0 Å². The second-order valence-corrected chi connectivity index (χ2v) is 2.02. The van der Waals surface area contributed by atoms with Crippen LogP contribution < -0.4 is 5.84 Å². The van der Waals surface area contributed by atoms with Gasteiger partial charge in [0.05, 0.1) is 0 Å². The quantitative estimate of drug-likeness (QED) is 0.284. The molecule has 0 heterocycles. The van der Waals surface area contributed by atoms with Crippen LogP contribution in [0.25, 0.3) is 0 Å². The molecule has 0 unspecified atom stereocenters. The second-order valence-electron chi connectivity index (χ2n) is 2.02. The zero-order valence-electron chi connectivity index (χ0n) is 6.62. The molecule has 0 bridgehead atoms. The fourth-order valence-electron chi connectivity index (χ4n) is 0.584. The fraction of sp³-hybridized carbons (Fsp3) is 0.429. The van der Waals surface area contributed by atoms with E-state index in [0.717, 1.165) is 6.42 Å². The molecule has 0 aromatic heterocycles. The second kappa shape index (κ2) is 5.91. The smallest absolute Gasteiger partial charge is 0.118 e. The molecule has 0 aliphatic rings. The number of allylic oxidation sites excluding steroid dienone is 3. The summed E-state index contributed by atoms with van der Waals surface area (Å²) in [7, 11) is 0. The third kappa shape index (κ3) is 7.05. The molecule has 4 heteroatoms. The van der Waals surface area contributed by atoms with E-state index in [1.807, 2.05) is 19.1 Å². The summed E-state index contributed by atoms with van der Waals surface area (Å²) in [6.07, 6.45) is 5.30. The lowest BCUT2D eigenvalue weighted by molar-refractivity contribution is -0.0799. The number of hydrogen-bond donors (Lipinski definition) is 1. The highest BCUT2D eigenvalue weighted by Crippen LogP contribution is 2.04. The summed E-state index contributed by atoms with van der Waals surface area (Å²) in [6, 6.07) is 0. The lowest BCUT2D eigenvalue weighted by Gasteiger charge is -2.21. The first kappa shape index (κ1) is 10.2. The largest absolute Gasteiger partial charge is 0.738 e. The van der Waals surface area contributed by atoms with Gasteiger partial charge in [-0.15, -0.1) is 5.34 Å². The normalized spacial score (nSPS) is 10.9. The van der Waals surface area contributed by atoms with Crippen LogP contribution in [0.4, 0.5) is 0 Å². The predicted octanol–water partition coefficient (Wildman–Crippen LogP) is 1.46. The van der Waals surface area contributed by atoms with Crippen LogP contribution >= 0.6 is 0 Å². The molecule has 0 saturated heterocycles. The zero-order chi connectivity index (χ0) is 8.69. The van der Waals surface area contributed by atoms with Crippen molar-refractivity contribution in [3.63, 3.8) is 0 Å². The summed E-state index contributed by atoms with van der Waals surface area (Å²) in [5.74, 6) is 5.05. The van der Waals surface area contributed by atoms with Crippen LogP contribution in [-0.4, -0.2) is 5.34 Å². The van der Waals surface area contributed by atoms with E-state index in [1.165, 1.54) is 0 Å². The van der Waals surface area contributed by atoms with Crippen LogP contribution in [0.2, 0.25) is 0 Å². The van der Waals surface area contributed by atoms with Crippen LogP contribution in [-0.2, 0) is 4.84 Å². The van der Waals surface area contributed by atoms with E-state index in [0.29, 0.717) is 12.2 Å². The Kier molecular flexibility index (Phi) is 5.46. The van der Waals surface area contributed by atoms with Gasteiger partial charge in [0.15, 0.2) is 0 Å². The Balaban J connectivity index is 3.37. The molecule has 0 aliphatic carbocycles.